The van der Waals surface area contributed by atoms with Gasteiger partial charge >= 0.3 is 0 Å². The number of benzene rings is 1. The number of aryl methyl sites for hydroxylation is 3. The molecule has 1 aliphatic heterocycles. The van der Waals surface area contributed by atoms with Crippen LogP contribution in [0.3, 0.4) is 0 Å². The minimum atomic E-state index is 0.0843. The Morgan fingerprint density at radius 1 is 1.28 bits per heavy atom. The summed E-state index contributed by atoms with van der Waals surface area (Å²) in [7, 11) is 0. The van der Waals surface area contributed by atoms with E-state index in [9.17, 15) is 4.79 Å². The van der Waals surface area contributed by atoms with Gasteiger partial charge in [-0.25, -0.2) is 0 Å². The molecule has 1 saturated heterocycles. The molecule has 0 bridgehead atoms. The van der Waals surface area contributed by atoms with Crippen molar-refractivity contribution >= 4 is 11.7 Å². The van der Waals surface area contributed by atoms with E-state index < -0.39 is 0 Å². The third-order valence-corrected chi connectivity index (χ3v) is 4.94. The fraction of sp³-hybridized carbons (Fsp3) is 0.450. The molecular weight excluding hydrogens is 312 g/mol. The fourth-order valence-electron chi connectivity index (χ4n) is 3.74. The van der Waals surface area contributed by atoms with Crippen LogP contribution < -0.4 is 10.2 Å². The molecule has 3 rings (SSSR count). The maximum Gasteiger partial charge on any atom is 0.224 e. The van der Waals surface area contributed by atoms with Crippen LogP contribution in [-0.4, -0.2) is 35.2 Å². The highest BCUT2D eigenvalue weighted by atomic mass is 16.1. The van der Waals surface area contributed by atoms with Gasteiger partial charge in [0.2, 0.25) is 5.91 Å². The maximum atomic E-state index is 12.4. The highest BCUT2D eigenvalue weighted by molar-refractivity contribution is 5.79. The molecule has 0 aliphatic carbocycles. The van der Waals surface area contributed by atoms with Crippen LogP contribution in [0, 0.1) is 20.8 Å². The molecule has 5 heteroatoms. The van der Waals surface area contributed by atoms with Crippen molar-refractivity contribution in [2.45, 2.75) is 46.1 Å². The highest BCUT2D eigenvalue weighted by Gasteiger charge is 2.26. The molecule has 2 heterocycles. The van der Waals surface area contributed by atoms with E-state index in [1.165, 1.54) is 16.7 Å². The van der Waals surface area contributed by atoms with Crippen LogP contribution in [0.1, 0.15) is 35.1 Å². The first-order chi connectivity index (χ1) is 12.0. The average Bonchev–Trinajstić information content (AvgIpc) is 3.05. The Kier molecular flexibility index (Phi) is 5.31. The number of amides is 1. The number of nitrogens with zero attached hydrogens (tertiary/aromatic N) is 3. The van der Waals surface area contributed by atoms with Crippen molar-refractivity contribution in [2.75, 3.05) is 18.0 Å². The Balaban J connectivity index is 1.59. The van der Waals surface area contributed by atoms with Gasteiger partial charge in [0.15, 0.2) is 5.82 Å². The number of aromatic nitrogens is 2. The van der Waals surface area contributed by atoms with Gasteiger partial charge in [0.05, 0.1) is 6.42 Å². The summed E-state index contributed by atoms with van der Waals surface area (Å²) < 4.78 is 0. The number of hydrogen-bond donors (Lipinski definition) is 1. The fourth-order valence-corrected chi connectivity index (χ4v) is 3.74. The minimum Gasteiger partial charge on any atom is -0.354 e. The van der Waals surface area contributed by atoms with Crippen molar-refractivity contribution in [3.63, 3.8) is 0 Å². The lowest BCUT2D eigenvalue weighted by Gasteiger charge is -2.25. The lowest BCUT2D eigenvalue weighted by molar-refractivity contribution is -0.120. The average molecular weight is 338 g/mol. The largest absolute Gasteiger partial charge is 0.354 e. The smallest absolute Gasteiger partial charge is 0.224 e. The van der Waals surface area contributed by atoms with Gasteiger partial charge in [-0.05, 0) is 62.4 Å². The molecule has 25 heavy (non-hydrogen) atoms. The predicted molar refractivity (Wildman–Crippen MR) is 99.8 cm³/mol. The molecule has 132 valence electrons. The Labute approximate surface area is 149 Å². The summed E-state index contributed by atoms with van der Waals surface area (Å²) in [5, 5.41) is 11.3. The summed E-state index contributed by atoms with van der Waals surface area (Å²) in [5.41, 5.74) is 4.76. The van der Waals surface area contributed by atoms with E-state index in [0.717, 1.165) is 30.8 Å². The number of hydrogen-bond acceptors (Lipinski definition) is 4. The van der Waals surface area contributed by atoms with E-state index in [0.29, 0.717) is 19.0 Å². The molecule has 1 aliphatic rings. The van der Waals surface area contributed by atoms with Gasteiger partial charge in [-0.2, -0.15) is 5.10 Å². The van der Waals surface area contributed by atoms with Crippen LogP contribution in [-0.2, 0) is 11.2 Å². The van der Waals surface area contributed by atoms with E-state index in [4.69, 9.17) is 0 Å². The SMILES string of the molecule is Cc1cc(C)c(CC(=O)NC[C@H]2CCCN2c2cccnn2)c(C)c1. The molecule has 1 aromatic heterocycles. The maximum absolute atomic E-state index is 12.4. The third kappa shape index (κ3) is 4.16. The minimum absolute atomic E-state index is 0.0843. The van der Waals surface area contributed by atoms with Crippen LogP contribution in [0.25, 0.3) is 0 Å². The van der Waals surface area contributed by atoms with Crippen molar-refractivity contribution in [3.8, 4) is 0 Å². The Hall–Kier alpha value is -2.43. The number of rotatable bonds is 5. The normalized spacial score (nSPS) is 16.9. The summed E-state index contributed by atoms with van der Waals surface area (Å²) in [6.45, 7) is 7.87. The lowest BCUT2D eigenvalue weighted by Crippen LogP contribution is -2.41. The molecule has 1 fully saturated rings. The molecule has 5 nitrogen and oxygen atoms in total. The van der Waals surface area contributed by atoms with Gasteiger partial charge in [-0.3, -0.25) is 4.79 Å². The van der Waals surface area contributed by atoms with Crippen molar-refractivity contribution in [3.05, 3.63) is 52.7 Å². The second kappa shape index (κ2) is 7.64. The second-order valence-corrected chi connectivity index (χ2v) is 6.93. The van der Waals surface area contributed by atoms with Crippen molar-refractivity contribution < 1.29 is 4.79 Å². The molecule has 1 aromatic carbocycles. The van der Waals surface area contributed by atoms with E-state index >= 15 is 0 Å². The van der Waals surface area contributed by atoms with Crippen LogP contribution >= 0.6 is 0 Å². The molecule has 1 N–H and O–H groups in total. The topological polar surface area (TPSA) is 58.1 Å². The van der Waals surface area contributed by atoms with Gasteiger partial charge in [-0.1, -0.05) is 17.7 Å². The van der Waals surface area contributed by atoms with Crippen LogP contribution in [0.5, 0.6) is 0 Å². The zero-order valence-electron chi connectivity index (χ0n) is 15.2. The molecule has 0 saturated carbocycles. The summed E-state index contributed by atoms with van der Waals surface area (Å²) >= 11 is 0. The molecule has 2 aromatic rings. The summed E-state index contributed by atoms with van der Waals surface area (Å²) in [6, 6.07) is 8.46. The van der Waals surface area contributed by atoms with Crippen molar-refractivity contribution in [1.29, 1.82) is 0 Å². The van der Waals surface area contributed by atoms with E-state index in [1.807, 2.05) is 12.1 Å². The Morgan fingerprint density at radius 2 is 2.04 bits per heavy atom. The van der Waals surface area contributed by atoms with E-state index in [2.05, 4.69) is 53.3 Å². The summed E-state index contributed by atoms with van der Waals surface area (Å²) in [5.74, 6) is 0.977. The van der Waals surface area contributed by atoms with E-state index in [1.54, 1.807) is 6.20 Å². The molecule has 1 amide bonds. The number of carbonyl (C=O) groups is 1. The van der Waals surface area contributed by atoms with Crippen LogP contribution in [0.15, 0.2) is 30.5 Å². The molecule has 0 radical (unpaired) electrons. The van der Waals surface area contributed by atoms with E-state index in [-0.39, 0.29) is 5.91 Å². The van der Waals surface area contributed by atoms with Gasteiger partial charge in [0, 0.05) is 25.3 Å². The quantitative estimate of drug-likeness (QED) is 0.911. The molecule has 1 atom stereocenters. The van der Waals surface area contributed by atoms with Gasteiger partial charge in [0.1, 0.15) is 0 Å². The predicted octanol–water partition coefficient (Wildman–Crippen LogP) is 2.73. The summed E-state index contributed by atoms with van der Waals surface area (Å²) in [6.07, 6.45) is 4.31. The summed E-state index contributed by atoms with van der Waals surface area (Å²) in [4.78, 5) is 14.7. The molecular formula is C20H26N4O. The standard InChI is InChI=1S/C20H26N4O/c1-14-10-15(2)18(16(3)11-14)12-20(25)21-13-17-6-5-9-24(17)19-7-4-8-22-23-19/h4,7-8,10-11,17H,5-6,9,12-13H2,1-3H3,(H,21,25)/t17-/m1/s1. The first kappa shape index (κ1) is 17.4. The van der Waals surface area contributed by atoms with Crippen LogP contribution in [0.4, 0.5) is 5.82 Å². The zero-order valence-corrected chi connectivity index (χ0v) is 15.2. The van der Waals surface area contributed by atoms with Crippen LogP contribution in [0.2, 0.25) is 0 Å². The first-order valence-electron chi connectivity index (χ1n) is 8.92. The van der Waals surface area contributed by atoms with Gasteiger partial charge in [0.25, 0.3) is 0 Å². The lowest BCUT2D eigenvalue weighted by atomic mass is 9.97. The first-order valence-corrected chi connectivity index (χ1v) is 8.92. The van der Waals surface area contributed by atoms with Gasteiger partial charge in [-0.15, -0.1) is 5.10 Å². The third-order valence-electron chi connectivity index (χ3n) is 4.94. The monoisotopic (exact) mass is 338 g/mol. The molecule has 0 spiro atoms. The Morgan fingerprint density at radius 3 is 2.72 bits per heavy atom. The number of carbonyl (C=O) groups excluding carboxylic acids is 1. The van der Waals surface area contributed by atoms with Crippen molar-refractivity contribution in [1.82, 2.24) is 15.5 Å². The zero-order chi connectivity index (χ0) is 17.8. The van der Waals surface area contributed by atoms with Crippen molar-refractivity contribution in [2.24, 2.45) is 0 Å². The van der Waals surface area contributed by atoms with Gasteiger partial charge < -0.3 is 10.2 Å². The number of nitrogens with one attached hydrogen (secondary N) is 1. The number of anilines is 1. The molecule has 0 unspecified atom stereocenters. The highest BCUT2D eigenvalue weighted by Crippen LogP contribution is 2.22. The Bertz CT molecular complexity index is 722. The second-order valence-electron chi connectivity index (χ2n) is 6.93.